The summed E-state index contributed by atoms with van der Waals surface area (Å²) in [4.78, 5) is 10.9. The minimum absolute atomic E-state index is 0.104. The third-order valence-corrected chi connectivity index (χ3v) is 7.71. The van der Waals surface area contributed by atoms with Crippen LogP contribution in [-0.4, -0.2) is 41.5 Å². The van der Waals surface area contributed by atoms with Crippen LogP contribution in [0.15, 0.2) is 58.5 Å². The number of benzene rings is 2. The van der Waals surface area contributed by atoms with Crippen LogP contribution in [0, 0.1) is 30.9 Å². The zero-order valence-corrected chi connectivity index (χ0v) is 20.8. The number of nitro groups is 1. The molecule has 1 heterocycles. The molecule has 0 aliphatic rings. The molecule has 0 saturated carbocycles. The van der Waals surface area contributed by atoms with Gasteiger partial charge in [0, 0.05) is 41.8 Å². The van der Waals surface area contributed by atoms with E-state index in [1.54, 1.807) is 20.1 Å². The topological polar surface area (TPSA) is 110 Å². The monoisotopic (exact) mass is 483 g/mol. The summed E-state index contributed by atoms with van der Waals surface area (Å²) in [7, 11) is -3.81. The van der Waals surface area contributed by atoms with Crippen LogP contribution in [0.3, 0.4) is 0 Å². The SMILES string of the molecule is CCN(CC)S(=O)(=O)c1ccc(N/N=C\c2cc(C)n(-c3ccc(C)cc3)c2C)c([N+](=O)[O-])c1. The Morgan fingerprint density at radius 2 is 1.71 bits per heavy atom. The van der Waals surface area contributed by atoms with Crippen molar-refractivity contribution in [2.75, 3.05) is 18.5 Å². The summed E-state index contributed by atoms with van der Waals surface area (Å²) in [5.41, 5.74) is 7.50. The number of nitrogens with zero attached hydrogens (tertiary/aromatic N) is 4. The zero-order chi connectivity index (χ0) is 25.0. The fraction of sp³-hybridized carbons (Fsp3) is 0.292. The molecule has 0 bridgehead atoms. The summed E-state index contributed by atoms with van der Waals surface area (Å²) in [5, 5.41) is 15.8. The predicted octanol–water partition coefficient (Wildman–Crippen LogP) is 4.79. The van der Waals surface area contributed by atoms with Gasteiger partial charge in [-0.05, 0) is 51.1 Å². The minimum atomic E-state index is -3.81. The Balaban J connectivity index is 1.88. The molecule has 34 heavy (non-hydrogen) atoms. The number of aryl methyl sites for hydroxylation is 2. The maximum Gasteiger partial charge on any atom is 0.295 e. The molecule has 3 rings (SSSR count). The van der Waals surface area contributed by atoms with E-state index in [1.165, 1.54) is 22.0 Å². The van der Waals surface area contributed by atoms with Gasteiger partial charge in [-0.2, -0.15) is 9.41 Å². The third kappa shape index (κ3) is 5.02. The van der Waals surface area contributed by atoms with Crippen molar-refractivity contribution in [3.05, 3.63) is 81.2 Å². The van der Waals surface area contributed by atoms with Crippen LogP contribution >= 0.6 is 0 Å². The molecule has 0 atom stereocenters. The van der Waals surface area contributed by atoms with Crippen molar-refractivity contribution in [3.8, 4) is 5.69 Å². The number of hydrazone groups is 1. The molecule has 180 valence electrons. The number of anilines is 1. The highest BCUT2D eigenvalue weighted by Crippen LogP contribution is 2.29. The maximum absolute atomic E-state index is 12.7. The Kier molecular flexibility index (Phi) is 7.53. The van der Waals surface area contributed by atoms with Crippen molar-refractivity contribution in [1.29, 1.82) is 0 Å². The molecule has 0 aliphatic heterocycles. The summed E-state index contributed by atoms with van der Waals surface area (Å²) >= 11 is 0. The van der Waals surface area contributed by atoms with Crippen LogP contribution in [0.25, 0.3) is 5.69 Å². The third-order valence-electron chi connectivity index (χ3n) is 5.66. The molecule has 0 amide bonds. The molecule has 2 aromatic carbocycles. The van der Waals surface area contributed by atoms with Crippen molar-refractivity contribution in [3.63, 3.8) is 0 Å². The molecule has 1 N–H and O–H groups in total. The average molecular weight is 484 g/mol. The molecule has 3 aromatic rings. The first-order valence-corrected chi connectivity index (χ1v) is 12.4. The summed E-state index contributed by atoms with van der Waals surface area (Å²) < 4.78 is 28.8. The van der Waals surface area contributed by atoms with Gasteiger partial charge in [0.25, 0.3) is 5.69 Å². The highest BCUT2D eigenvalue weighted by atomic mass is 32.2. The van der Waals surface area contributed by atoms with Gasteiger partial charge < -0.3 is 4.57 Å². The Bertz CT molecular complexity index is 1320. The number of nitrogens with one attached hydrogen (secondary N) is 1. The van der Waals surface area contributed by atoms with Gasteiger partial charge in [0.1, 0.15) is 5.69 Å². The number of hydrogen-bond donors (Lipinski definition) is 1. The number of aromatic nitrogens is 1. The van der Waals surface area contributed by atoms with Gasteiger partial charge in [-0.3, -0.25) is 15.5 Å². The maximum atomic E-state index is 12.7. The van der Waals surface area contributed by atoms with Gasteiger partial charge >= 0.3 is 0 Å². The fourth-order valence-corrected chi connectivity index (χ4v) is 5.29. The molecular formula is C24H29N5O4S. The van der Waals surface area contributed by atoms with Gasteiger partial charge in [-0.25, -0.2) is 8.42 Å². The normalized spacial score (nSPS) is 11.9. The highest BCUT2D eigenvalue weighted by molar-refractivity contribution is 7.89. The van der Waals surface area contributed by atoms with Gasteiger partial charge in [0.05, 0.1) is 16.0 Å². The second kappa shape index (κ2) is 10.2. The number of rotatable bonds is 9. The van der Waals surface area contributed by atoms with Gasteiger partial charge in [0.15, 0.2) is 0 Å². The molecule has 9 nitrogen and oxygen atoms in total. The van der Waals surface area contributed by atoms with E-state index in [1.807, 2.05) is 51.1 Å². The number of hydrogen-bond acceptors (Lipinski definition) is 6. The highest BCUT2D eigenvalue weighted by Gasteiger charge is 2.25. The largest absolute Gasteiger partial charge is 0.318 e. The van der Waals surface area contributed by atoms with E-state index >= 15 is 0 Å². The first-order chi connectivity index (χ1) is 16.1. The quantitative estimate of drug-likeness (QED) is 0.267. The van der Waals surface area contributed by atoms with Crippen molar-refractivity contribution < 1.29 is 13.3 Å². The lowest BCUT2D eigenvalue weighted by atomic mass is 10.2. The Hall–Kier alpha value is -3.50. The smallest absolute Gasteiger partial charge is 0.295 e. The van der Waals surface area contributed by atoms with Crippen LogP contribution < -0.4 is 5.43 Å². The van der Waals surface area contributed by atoms with Crippen molar-refractivity contribution in [1.82, 2.24) is 8.87 Å². The van der Waals surface area contributed by atoms with E-state index in [2.05, 4.69) is 15.1 Å². The van der Waals surface area contributed by atoms with Crippen molar-refractivity contribution >= 4 is 27.6 Å². The van der Waals surface area contributed by atoms with Crippen LogP contribution in [0.2, 0.25) is 0 Å². The molecule has 0 unspecified atom stereocenters. The van der Waals surface area contributed by atoms with Gasteiger partial charge in [0.2, 0.25) is 10.0 Å². The van der Waals surface area contributed by atoms with E-state index in [9.17, 15) is 18.5 Å². The first-order valence-electron chi connectivity index (χ1n) is 10.9. The first kappa shape index (κ1) is 25.1. The second-order valence-electron chi connectivity index (χ2n) is 7.89. The van der Waals surface area contributed by atoms with Crippen LogP contribution in [0.5, 0.6) is 0 Å². The van der Waals surface area contributed by atoms with Crippen molar-refractivity contribution in [2.24, 2.45) is 5.10 Å². The van der Waals surface area contributed by atoms with Gasteiger partial charge in [-0.1, -0.05) is 31.5 Å². The standard InChI is InChI=1S/C24H29N5O4S/c1-6-27(7-2)34(32,33)22-12-13-23(24(15-22)29(30)31)26-25-16-20-14-18(4)28(19(20)5)21-10-8-17(3)9-11-21/h8-16,26H,6-7H2,1-5H3/b25-16-. The Labute approximate surface area is 199 Å². The second-order valence-corrected chi connectivity index (χ2v) is 9.83. The molecule has 1 aromatic heterocycles. The molecule has 0 saturated heterocycles. The van der Waals surface area contributed by atoms with Crippen LogP contribution in [0.4, 0.5) is 11.4 Å². The molecule has 0 radical (unpaired) electrons. The average Bonchev–Trinajstić information content (AvgIpc) is 3.08. The fourth-order valence-electron chi connectivity index (χ4n) is 3.81. The molecule has 10 heteroatoms. The molecule has 0 aliphatic carbocycles. The summed E-state index contributed by atoms with van der Waals surface area (Å²) in [6, 6.07) is 13.9. The van der Waals surface area contributed by atoms with Crippen LogP contribution in [0.1, 0.15) is 36.4 Å². The minimum Gasteiger partial charge on any atom is -0.318 e. The van der Waals surface area contributed by atoms with E-state index in [-0.39, 0.29) is 29.4 Å². The summed E-state index contributed by atoms with van der Waals surface area (Å²) in [6.07, 6.45) is 1.59. The lowest BCUT2D eigenvalue weighted by Gasteiger charge is -2.18. The van der Waals surface area contributed by atoms with Crippen LogP contribution in [-0.2, 0) is 10.0 Å². The summed E-state index contributed by atoms with van der Waals surface area (Å²) in [5.74, 6) is 0. The summed E-state index contributed by atoms with van der Waals surface area (Å²) in [6.45, 7) is 10.00. The number of nitro benzene ring substituents is 1. The molecule has 0 fully saturated rings. The zero-order valence-electron chi connectivity index (χ0n) is 19.9. The lowest BCUT2D eigenvalue weighted by molar-refractivity contribution is -0.384. The van der Waals surface area contributed by atoms with E-state index < -0.39 is 14.9 Å². The lowest BCUT2D eigenvalue weighted by Crippen LogP contribution is -2.30. The van der Waals surface area contributed by atoms with E-state index in [4.69, 9.17) is 0 Å². The Morgan fingerprint density at radius 1 is 1.06 bits per heavy atom. The molecule has 0 spiro atoms. The van der Waals surface area contributed by atoms with Crippen molar-refractivity contribution in [2.45, 2.75) is 39.5 Å². The van der Waals surface area contributed by atoms with E-state index in [0.717, 1.165) is 28.7 Å². The number of sulfonamides is 1. The molecular weight excluding hydrogens is 454 g/mol. The van der Waals surface area contributed by atoms with E-state index in [0.29, 0.717) is 0 Å². The predicted molar refractivity (Wildman–Crippen MR) is 134 cm³/mol. The Morgan fingerprint density at radius 3 is 2.29 bits per heavy atom. The van der Waals surface area contributed by atoms with Gasteiger partial charge in [-0.15, -0.1) is 0 Å².